The van der Waals surface area contributed by atoms with E-state index in [4.69, 9.17) is 4.74 Å². The average Bonchev–Trinajstić information content (AvgIpc) is 2.35. The molecule has 1 aromatic rings. The number of hydrogen-bond acceptors (Lipinski definition) is 3. The first-order chi connectivity index (χ1) is 9.69. The Balaban J connectivity index is 2.43. The fraction of sp³-hybridized carbons (Fsp3) is 0.529. The summed E-state index contributed by atoms with van der Waals surface area (Å²) >= 11 is 0. The molecule has 0 spiro atoms. The van der Waals surface area contributed by atoms with E-state index < -0.39 is 17.6 Å². The first kappa shape index (κ1) is 17.2. The summed E-state index contributed by atoms with van der Waals surface area (Å²) in [6.45, 7) is 9.07. The molecule has 0 aliphatic heterocycles. The second-order valence-electron chi connectivity index (χ2n) is 6.25. The maximum absolute atomic E-state index is 11.9. The van der Waals surface area contributed by atoms with Crippen molar-refractivity contribution < 1.29 is 14.3 Å². The van der Waals surface area contributed by atoms with Crippen LogP contribution in [0.5, 0.6) is 0 Å². The van der Waals surface area contributed by atoms with Crippen molar-refractivity contribution in [2.45, 2.75) is 59.1 Å². The van der Waals surface area contributed by atoms with Crippen LogP contribution in [0, 0.1) is 6.92 Å². The predicted octanol–water partition coefficient (Wildman–Crippen LogP) is 2.77. The van der Waals surface area contributed by atoms with Crippen molar-refractivity contribution in [3.05, 3.63) is 35.4 Å². The molecule has 0 aliphatic carbocycles. The van der Waals surface area contributed by atoms with Gasteiger partial charge < -0.3 is 10.1 Å². The van der Waals surface area contributed by atoms with Crippen molar-refractivity contribution in [2.24, 2.45) is 0 Å². The number of carbonyl (C=O) groups is 2. The van der Waals surface area contributed by atoms with Crippen molar-refractivity contribution in [2.75, 3.05) is 0 Å². The van der Waals surface area contributed by atoms with Crippen LogP contribution in [0.25, 0.3) is 0 Å². The zero-order valence-corrected chi connectivity index (χ0v) is 13.5. The Labute approximate surface area is 126 Å². The van der Waals surface area contributed by atoms with Gasteiger partial charge in [0, 0.05) is 6.42 Å². The van der Waals surface area contributed by atoms with Crippen LogP contribution in [0.2, 0.25) is 0 Å². The Morgan fingerprint density at radius 3 is 2.43 bits per heavy atom. The maximum Gasteiger partial charge on any atom is 0.328 e. The zero-order valence-electron chi connectivity index (χ0n) is 13.5. The molecule has 4 nitrogen and oxygen atoms in total. The molecule has 1 N–H and O–H groups in total. The fourth-order valence-electron chi connectivity index (χ4n) is 1.90. The summed E-state index contributed by atoms with van der Waals surface area (Å²) in [5, 5.41) is 2.68. The van der Waals surface area contributed by atoms with Crippen molar-refractivity contribution in [1.29, 1.82) is 0 Å². The lowest BCUT2D eigenvalue weighted by atomic mass is 10.0. The molecule has 1 amide bonds. The molecule has 1 rings (SSSR count). The molecule has 0 radical (unpaired) electrons. The Morgan fingerprint density at radius 2 is 1.86 bits per heavy atom. The van der Waals surface area contributed by atoms with E-state index in [1.807, 2.05) is 31.2 Å². The van der Waals surface area contributed by atoms with E-state index in [-0.39, 0.29) is 5.91 Å². The third-order valence-corrected chi connectivity index (χ3v) is 3.02. The van der Waals surface area contributed by atoms with Crippen LogP contribution >= 0.6 is 0 Å². The summed E-state index contributed by atoms with van der Waals surface area (Å²) in [5.74, 6) is -0.552. The SMILES string of the molecule is Cc1ccccc1CCC(=O)N[C@H](C)C(=O)OC(C)(C)C. The number of nitrogens with one attached hydrogen (secondary N) is 1. The smallest absolute Gasteiger partial charge is 0.328 e. The number of aryl methyl sites for hydroxylation is 2. The molecule has 4 heteroatoms. The highest BCUT2D eigenvalue weighted by atomic mass is 16.6. The fourth-order valence-corrected chi connectivity index (χ4v) is 1.90. The highest BCUT2D eigenvalue weighted by Gasteiger charge is 2.22. The Hall–Kier alpha value is -1.84. The molecule has 21 heavy (non-hydrogen) atoms. The van der Waals surface area contributed by atoms with E-state index in [0.717, 1.165) is 5.56 Å². The summed E-state index contributed by atoms with van der Waals surface area (Å²) in [6, 6.07) is 7.34. The van der Waals surface area contributed by atoms with Crippen LogP contribution in [-0.2, 0) is 20.7 Å². The molecule has 0 saturated carbocycles. The van der Waals surface area contributed by atoms with E-state index in [0.29, 0.717) is 12.8 Å². The molecule has 0 aromatic heterocycles. The number of hydrogen-bond donors (Lipinski definition) is 1. The summed E-state index contributed by atoms with van der Waals surface area (Å²) in [4.78, 5) is 23.7. The minimum Gasteiger partial charge on any atom is -0.458 e. The lowest BCUT2D eigenvalue weighted by molar-refractivity contribution is -0.158. The molecule has 0 aliphatic rings. The van der Waals surface area contributed by atoms with E-state index >= 15 is 0 Å². The quantitative estimate of drug-likeness (QED) is 0.849. The largest absolute Gasteiger partial charge is 0.458 e. The van der Waals surface area contributed by atoms with Gasteiger partial charge in [0.05, 0.1) is 0 Å². The van der Waals surface area contributed by atoms with E-state index in [1.165, 1.54) is 5.56 Å². The number of ether oxygens (including phenoxy) is 1. The van der Waals surface area contributed by atoms with E-state index in [2.05, 4.69) is 5.32 Å². The first-order valence-electron chi connectivity index (χ1n) is 7.26. The highest BCUT2D eigenvalue weighted by Crippen LogP contribution is 2.10. The van der Waals surface area contributed by atoms with Crippen LogP contribution in [0.1, 0.15) is 45.2 Å². The van der Waals surface area contributed by atoms with Gasteiger partial charge in [0.15, 0.2) is 0 Å². The van der Waals surface area contributed by atoms with Gasteiger partial charge in [-0.1, -0.05) is 24.3 Å². The van der Waals surface area contributed by atoms with Crippen LogP contribution in [-0.4, -0.2) is 23.5 Å². The molecular formula is C17H25NO3. The Morgan fingerprint density at radius 1 is 1.24 bits per heavy atom. The van der Waals surface area contributed by atoms with Crippen LogP contribution < -0.4 is 5.32 Å². The lowest BCUT2D eigenvalue weighted by Crippen LogP contribution is -2.42. The standard InChI is InChI=1S/C17H25NO3/c1-12-8-6-7-9-14(12)10-11-15(19)18-13(2)16(20)21-17(3,4)5/h6-9,13H,10-11H2,1-5H3,(H,18,19)/t13-/m1/s1. The summed E-state index contributed by atoms with van der Waals surface area (Å²) in [6.07, 6.45) is 1.03. The van der Waals surface area contributed by atoms with Gasteiger partial charge in [-0.25, -0.2) is 4.79 Å². The summed E-state index contributed by atoms with van der Waals surface area (Å²) in [7, 11) is 0. The average molecular weight is 291 g/mol. The van der Waals surface area contributed by atoms with Gasteiger partial charge in [0.25, 0.3) is 0 Å². The molecular weight excluding hydrogens is 266 g/mol. The minimum absolute atomic E-state index is 0.142. The molecule has 0 saturated heterocycles. The number of amides is 1. The van der Waals surface area contributed by atoms with E-state index in [1.54, 1.807) is 27.7 Å². The van der Waals surface area contributed by atoms with Crippen LogP contribution in [0.15, 0.2) is 24.3 Å². The molecule has 0 bridgehead atoms. The molecule has 0 unspecified atom stereocenters. The Kier molecular flexibility index (Phi) is 5.94. The van der Waals surface area contributed by atoms with Gasteiger partial charge >= 0.3 is 5.97 Å². The highest BCUT2D eigenvalue weighted by molar-refractivity contribution is 5.84. The molecule has 0 fully saturated rings. The minimum atomic E-state index is -0.631. The topological polar surface area (TPSA) is 55.4 Å². The number of rotatable bonds is 5. The second kappa shape index (κ2) is 7.25. The molecule has 0 heterocycles. The van der Waals surface area contributed by atoms with Gasteiger partial charge in [0.1, 0.15) is 11.6 Å². The number of esters is 1. The maximum atomic E-state index is 11.9. The van der Waals surface area contributed by atoms with Crippen molar-refractivity contribution >= 4 is 11.9 Å². The predicted molar refractivity (Wildman–Crippen MR) is 82.9 cm³/mol. The third-order valence-electron chi connectivity index (χ3n) is 3.02. The zero-order chi connectivity index (χ0) is 16.0. The van der Waals surface area contributed by atoms with Gasteiger partial charge in [-0.3, -0.25) is 4.79 Å². The number of benzene rings is 1. The summed E-state index contributed by atoms with van der Waals surface area (Å²) in [5.41, 5.74) is 1.78. The first-order valence-corrected chi connectivity index (χ1v) is 7.26. The van der Waals surface area contributed by atoms with Gasteiger partial charge in [-0.05, 0) is 52.2 Å². The lowest BCUT2D eigenvalue weighted by Gasteiger charge is -2.22. The summed E-state index contributed by atoms with van der Waals surface area (Å²) < 4.78 is 5.23. The van der Waals surface area contributed by atoms with Crippen LogP contribution in [0.4, 0.5) is 0 Å². The van der Waals surface area contributed by atoms with Gasteiger partial charge in [0.2, 0.25) is 5.91 Å². The van der Waals surface area contributed by atoms with Crippen molar-refractivity contribution in [3.8, 4) is 0 Å². The Bertz CT molecular complexity index is 503. The van der Waals surface area contributed by atoms with Crippen molar-refractivity contribution in [3.63, 3.8) is 0 Å². The molecule has 1 atom stereocenters. The third kappa shape index (κ3) is 6.43. The van der Waals surface area contributed by atoms with Gasteiger partial charge in [-0.2, -0.15) is 0 Å². The van der Waals surface area contributed by atoms with Crippen LogP contribution in [0.3, 0.4) is 0 Å². The van der Waals surface area contributed by atoms with E-state index in [9.17, 15) is 9.59 Å². The van der Waals surface area contributed by atoms with Crippen molar-refractivity contribution in [1.82, 2.24) is 5.32 Å². The normalized spacial score (nSPS) is 12.6. The number of carbonyl (C=O) groups excluding carboxylic acids is 2. The second-order valence-corrected chi connectivity index (χ2v) is 6.25. The van der Waals surface area contributed by atoms with Gasteiger partial charge in [-0.15, -0.1) is 0 Å². The molecule has 116 valence electrons. The molecule has 1 aromatic carbocycles. The monoisotopic (exact) mass is 291 g/mol.